The molecule has 1 aromatic heterocycles. The van der Waals surface area contributed by atoms with Crippen molar-refractivity contribution in [2.24, 2.45) is 5.73 Å². The number of fused-ring (bicyclic) bond motifs is 1. The van der Waals surface area contributed by atoms with Gasteiger partial charge in [0.05, 0.1) is 5.52 Å². The van der Waals surface area contributed by atoms with Crippen molar-refractivity contribution < 1.29 is 4.79 Å². The number of rotatable bonds is 4. The van der Waals surface area contributed by atoms with E-state index in [1.165, 1.54) is 0 Å². The van der Waals surface area contributed by atoms with E-state index < -0.39 is 0 Å². The highest BCUT2D eigenvalue weighted by molar-refractivity contribution is 6.28. The van der Waals surface area contributed by atoms with Crippen molar-refractivity contribution in [1.82, 2.24) is 9.97 Å². The standard InChI is InChI=1S/C12H13ClN4O/c1-7(6-10(14)18)15-11-8-4-2-3-5-9(8)16-12(13)17-11/h2-5,7H,6H2,1H3,(H2,14,18)(H,15,16,17). The van der Waals surface area contributed by atoms with Crippen LogP contribution in [0.2, 0.25) is 5.28 Å². The van der Waals surface area contributed by atoms with E-state index in [2.05, 4.69) is 15.3 Å². The van der Waals surface area contributed by atoms with Crippen molar-refractivity contribution >= 4 is 34.2 Å². The van der Waals surface area contributed by atoms with Crippen LogP contribution >= 0.6 is 11.6 Å². The zero-order valence-corrected chi connectivity index (χ0v) is 10.6. The van der Waals surface area contributed by atoms with E-state index in [-0.39, 0.29) is 23.7 Å². The molecule has 0 radical (unpaired) electrons. The Morgan fingerprint density at radius 3 is 2.89 bits per heavy atom. The minimum absolute atomic E-state index is 0.114. The molecular formula is C12H13ClN4O. The fourth-order valence-corrected chi connectivity index (χ4v) is 1.92. The Morgan fingerprint density at radius 2 is 2.17 bits per heavy atom. The Morgan fingerprint density at radius 1 is 1.44 bits per heavy atom. The van der Waals surface area contributed by atoms with Gasteiger partial charge in [0, 0.05) is 17.8 Å². The molecule has 1 aromatic carbocycles. The summed E-state index contributed by atoms with van der Waals surface area (Å²) in [6, 6.07) is 7.40. The Balaban J connectivity index is 2.35. The fraction of sp³-hybridized carbons (Fsp3) is 0.250. The maximum atomic E-state index is 10.9. The van der Waals surface area contributed by atoms with Crippen LogP contribution in [0.3, 0.4) is 0 Å². The summed E-state index contributed by atoms with van der Waals surface area (Å²) < 4.78 is 0. The van der Waals surface area contributed by atoms with Crippen LogP contribution in [0.1, 0.15) is 13.3 Å². The quantitative estimate of drug-likeness (QED) is 0.827. The molecule has 1 heterocycles. The van der Waals surface area contributed by atoms with Crippen LogP contribution in [-0.4, -0.2) is 21.9 Å². The van der Waals surface area contributed by atoms with Gasteiger partial charge in [-0.25, -0.2) is 9.97 Å². The van der Waals surface area contributed by atoms with Gasteiger partial charge >= 0.3 is 0 Å². The number of aromatic nitrogens is 2. The smallest absolute Gasteiger partial charge is 0.224 e. The van der Waals surface area contributed by atoms with Gasteiger partial charge in [-0.15, -0.1) is 0 Å². The summed E-state index contributed by atoms with van der Waals surface area (Å²) in [5, 5.41) is 4.15. The lowest BCUT2D eigenvalue weighted by molar-refractivity contribution is -0.118. The molecule has 1 unspecified atom stereocenters. The van der Waals surface area contributed by atoms with Gasteiger partial charge in [0.25, 0.3) is 0 Å². The topological polar surface area (TPSA) is 80.9 Å². The molecule has 2 rings (SSSR count). The molecule has 0 aliphatic rings. The summed E-state index contributed by atoms with van der Waals surface area (Å²) >= 11 is 5.86. The molecule has 6 heteroatoms. The van der Waals surface area contributed by atoms with Crippen molar-refractivity contribution in [1.29, 1.82) is 0 Å². The first-order chi connectivity index (χ1) is 8.56. The number of nitrogens with two attached hydrogens (primary N) is 1. The lowest BCUT2D eigenvalue weighted by Crippen LogP contribution is -2.24. The average molecular weight is 265 g/mol. The van der Waals surface area contributed by atoms with Crippen LogP contribution in [0, 0.1) is 0 Å². The Kier molecular flexibility index (Phi) is 3.62. The van der Waals surface area contributed by atoms with Gasteiger partial charge in [-0.1, -0.05) is 12.1 Å². The molecule has 18 heavy (non-hydrogen) atoms. The molecule has 0 aliphatic heterocycles. The van der Waals surface area contributed by atoms with E-state index in [4.69, 9.17) is 17.3 Å². The zero-order valence-electron chi connectivity index (χ0n) is 9.85. The summed E-state index contributed by atoms with van der Waals surface area (Å²) in [4.78, 5) is 19.1. The van der Waals surface area contributed by atoms with Crippen LogP contribution in [0.25, 0.3) is 10.9 Å². The van der Waals surface area contributed by atoms with Gasteiger partial charge in [0.15, 0.2) is 0 Å². The Hall–Kier alpha value is -1.88. The zero-order chi connectivity index (χ0) is 13.1. The minimum atomic E-state index is -0.362. The van der Waals surface area contributed by atoms with E-state index in [0.29, 0.717) is 5.82 Å². The molecule has 0 bridgehead atoms. The van der Waals surface area contributed by atoms with E-state index in [0.717, 1.165) is 10.9 Å². The average Bonchev–Trinajstić information content (AvgIpc) is 2.27. The first-order valence-corrected chi connectivity index (χ1v) is 5.91. The first kappa shape index (κ1) is 12.6. The summed E-state index contributed by atoms with van der Waals surface area (Å²) in [7, 11) is 0. The maximum Gasteiger partial charge on any atom is 0.224 e. The first-order valence-electron chi connectivity index (χ1n) is 5.53. The van der Waals surface area contributed by atoms with Gasteiger partial charge in [-0.05, 0) is 30.7 Å². The van der Waals surface area contributed by atoms with Crippen LogP contribution in [0.5, 0.6) is 0 Å². The largest absolute Gasteiger partial charge is 0.370 e. The van der Waals surface area contributed by atoms with Gasteiger partial charge in [0.1, 0.15) is 5.82 Å². The maximum absolute atomic E-state index is 10.9. The predicted octanol–water partition coefficient (Wildman–Crippen LogP) is 1.96. The molecule has 0 saturated carbocycles. The lowest BCUT2D eigenvalue weighted by atomic mass is 10.2. The minimum Gasteiger partial charge on any atom is -0.370 e. The third-order valence-corrected chi connectivity index (χ3v) is 2.64. The van der Waals surface area contributed by atoms with Crippen molar-refractivity contribution in [3.63, 3.8) is 0 Å². The van der Waals surface area contributed by atoms with Gasteiger partial charge in [-0.3, -0.25) is 4.79 Å². The molecule has 3 N–H and O–H groups in total. The number of carbonyl (C=O) groups is 1. The van der Waals surface area contributed by atoms with Crippen LogP contribution < -0.4 is 11.1 Å². The second-order valence-corrected chi connectivity index (χ2v) is 4.41. The monoisotopic (exact) mass is 264 g/mol. The number of carbonyl (C=O) groups excluding carboxylic acids is 1. The number of hydrogen-bond donors (Lipinski definition) is 2. The third-order valence-electron chi connectivity index (χ3n) is 2.47. The highest BCUT2D eigenvalue weighted by atomic mass is 35.5. The Labute approximate surface area is 109 Å². The lowest BCUT2D eigenvalue weighted by Gasteiger charge is -2.14. The highest BCUT2D eigenvalue weighted by Gasteiger charge is 2.10. The number of primary amides is 1. The molecule has 94 valence electrons. The second-order valence-electron chi connectivity index (χ2n) is 4.07. The summed E-state index contributed by atoms with van der Waals surface area (Å²) in [5.74, 6) is 0.249. The van der Waals surface area contributed by atoms with E-state index in [1.54, 1.807) is 0 Å². The highest BCUT2D eigenvalue weighted by Crippen LogP contribution is 2.22. The number of benzene rings is 1. The predicted molar refractivity (Wildman–Crippen MR) is 71.4 cm³/mol. The molecular weight excluding hydrogens is 252 g/mol. The molecule has 0 spiro atoms. The number of para-hydroxylation sites is 1. The van der Waals surface area contributed by atoms with Crippen molar-refractivity contribution in [2.75, 3.05) is 5.32 Å². The Bertz CT molecular complexity index is 587. The van der Waals surface area contributed by atoms with Crippen molar-refractivity contribution in [3.05, 3.63) is 29.5 Å². The van der Waals surface area contributed by atoms with Crippen LogP contribution in [-0.2, 0) is 4.79 Å². The second kappa shape index (κ2) is 5.18. The van der Waals surface area contributed by atoms with Crippen LogP contribution in [0.15, 0.2) is 24.3 Å². The van der Waals surface area contributed by atoms with E-state index in [1.807, 2.05) is 31.2 Å². The molecule has 1 amide bonds. The normalized spacial score (nSPS) is 12.3. The molecule has 0 aliphatic carbocycles. The molecule has 0 fully saturated rings. The van der Waals surface area contributed by atoms with Gasteiger partial charge < -0.3 is 11.1 Å². The third kappa shape index (κ3) is 2.87. The number of halogens is 1. The summed E-state index contributed by atoms with van der Waals surface area (Å²) in [6.45, 7) is 1.86. The molecule has 0 saturated heterocycles. The fourth-order valence-electron chi connectivity index (χ4n) is 1.74. The SMILES string of the molecule is CC(CC(N)=O)Nc1nc(Cl)nc2ccccc12. The summed E-state index contributed by atoms with van der Waals surface area (Å²) in [5.41, 5.74) is 5.91. The van der Waals surface area contributed by atoms with E-state index in [9.17, 15) is 4.79 Å². The van der Waals surface area contributed by atoms with Crippen molar-refractivity contribution in [3.8, 4) is 0 Å². The number of nitrogens with one attached hydrogen (secondary N) is 1. The number of nitrogens with zero attached hydrogens (tertiary/aromatic N) is 2. The molecule has 1 atom stereocenters. The number of amides is 1. The van der Waals surface area contributed by atoms with Crippen molar-refractivity contribution in [2.45, 2.75) is 19.4 Å². The van der Waals surface area contributed by atoms with Crippen LogP contribution in [0.4, 0.5) is 5.82 Å². The number of anilines is 1. The molecule has 5 nitrogen and oxygen atoms in total. The van der Waals surface area contributed by atoms with Gasteiger partial charge in [-0.2, -0.15) is 0 Å². The van der Waals surface area contributed by atoms with Gasteiger partial charge in [0.2, 0.25) is 11.2 Å². The molecule has 2 aromatic rings. The number of hydrogen-bond acceptors (Lipinski definition) is 4. The summed E-state index contributed by atoms with van der Waals surface area (Å²) in [6.07, 6.45) is 0.232. The van der Waals surface area contributed by atoms with E-state index >= 15 is 0 Å².